The molecule has 0 amide bonds. The molecule has 0 saturated heterocycles. The number of hydrogen-bond acceptors (Lipinski definition) is 3. The smallest absolute Gasteiger partial charge is 0.379 e. The minimum atomic E-state index is -4.63. The lowest BCUT2D eigenvalue weighted by Gasteiger charge is -2.25. The van der Waals surface area contributed by atoms with Crippen LogP contribution in [0.4, 0.5) is 23.2 Å². The second kappa shape index (κ2) is 8.25. The molecular weight excluding hydrogens is 394 g/mol. The summed E-state index contributed by atoms with van der Waals surface area (Å²) in [7, 11) is 1.85. The van der Waals surface area contributed by atoms with Crippen LogP contribution in [0.3, 0.4) is 0 Å². The highest BCUT2D eigenvalue weighted by molar-refractivity contribution is 6.30. The molecule has 3 atom stereocenters. The summed E-state index contributed by atoms with van der Waals surface area (Å²) in [6, 6.07) is 6.08. The summed E-state index contributed by atoms with van der Waals surface area (Å²) in [4.78, 5) is 3.84. The van der Waals surface area contributed by atoms with Crippen molar-refractivity contribution in [1.29, 1.82) is 0 Å². The standard InChI is InChI=1S/C20H22ClF4N3/c1-11(20(23,24)25)19-13-6-4-8-16(14(13)10-18(21)28-19)27-17-9-12(26-2)5-3-7-15(17)22/h4,6,8,10,12,15,17,26-27H,1,3,5,7,9H2,2H3/t12?,15-,17+/m0/s1. The zero-order valence-electron chi connectivity index (χ0n) is 15.4. The fraction of sp³-hybridized carbons (Fsp3) is 0.450. The molecule has 3 rings (SSSR count). The Kier molecular flexibility index (Phi) is 6.15. The van der Waals surface area contributed by atoms with Gasteiger partial charge in [-0.05, 0) is 44.9 Å². The van der Waals surface area contributed by atoms with Gasteiger partial charge < -0.3 is 10.6 Å². The van der Waals surface area contributed by atoms with Crippen LogP contribution in [-0.2, 0) is 0 Å². The second-order valence-corrected chi connectivity index (χ2v) is 7.48. The number of alkyl halides is 4. The number of halogens is 5. The van der Waals surface area contributed by atoms with Gasteiger partial charge in [-0.3, -0.25) is 0 Å². The van der Waals surface area contributed by atoms with Crippen molar-refractivity contribution in [2.45, 2.75) is 50.1 Å². The first-order chi connectivity index (χ1) is 13.2. The molecule has 1 fully saturated rings. The van der Waals surface area contributed by atoms with Crippen LogP contribution in [-0.4, -0.2) is 36.5 Å². The summed E-state index contributed by atoms with van der Waals surface area (Å²) in [5.41, 5.74) is -0.850. The number of benzene rings is 1. The molecule has 8 heteroatoms. The number of aromatic nitrogens is 1. The van der Waals surface area contributed by atoms with Crippen molar-refractivity contribution in [3.63, 3.8) is 0 Å². The monoisotopic (exact) mass is 415 g/mol. The largest absolute Gasteiger partial charge is 0.417 e. The van der Waals surface area contributed by atoms with E-state index in [9.17, 15) is 17.6 Å². The topological polar surface area (TPSA) is 37.0 Å². The van der Waals surface area contributed by atoms with Gasteiger partial charge in [0.1, 0.15) is 11.3 Å². The molecular formula is C20H22ClF4N3. The maximum atomic E-state index is 14.7. The van der Waals surface area contributed by atoms with Gasteiger partial charge in [0.25, 0.3) is 0 Å². The number of fused-ring (bicyclic) bond motifs is 1. The van der Waals surface area contributed by atoms with Crippen LogP contribution in [0.25, 0.3) is 16.3 Å². The number of nitrogens with zero attached hydrogens (tertiary/aromatic N) is 1. The van der Waals surface area contributed by atoms with E-state index >= 15 is 0 Å². The fourth-order valence-corrected chi connectivity index (χ4v) is 3.87. The van der Waals surface area contributed by atoms with Gasteiger partial charge in [-0.2, -0.15) is 13.2 Å². The molecule has 28 heavy (non-hydrogen) atoms. The summed E-state index contributed by atoms with van der Waals surface area (Å²) in [5, 5.41) is 7.04. The molecule has 1 aliphatic carbocycles. The number of hydrogen-bond donors (Lipinski definition) is 2. The van der Waals surface area contributed by atoms with Crippen LogP contribution >= 0.6 is 11.6 Å². The number of pyridine rings is 1. The third kappa shape index (κ3) is 4.41. The van der Waals surface area contributed by atoms with Crippen molar-refractivity contribution >= 4 is 33.6 Å². The Balaban J connectivity index is 2.03. The molecule has 0 spiro atoms. The van der Waals surface area contributed by atoms with Gasteiger partial charge in [0.15, 0.2) is 0 Å². The van der Waals surface area contributed by atoms with Gasteiger partial charge in [-0.25, -0.2) is 9.37 Å². The van der Waals surface area contributed by atoms with E-state index in [4.69, 9.17) is 11.6 Å². The van der Waals surface area contributed by atoms with Crippen molar-refractivity contribution in [1.82, 2.24) is 10.3 Å². The maximum Gasteiger partial charge on any atom is 0.417 e. The molecule has 0 radical (unpaired) electrons. The minimum absolute atomic E-state index is 0.0760. The normalized spacial score (nSPS) is 23.4. The molecule has 2 N–H and O–H groups in total. The maximum absolute atomic E-state index is 14.7. The van der Waals surface area contributed by atoms with E-state index in [-0.39, 0.29) is 22.3 Å². The first-order valence-electron chi connectivity index (χ1n) is 9.14. The van der Waals surface area contributed by atoms with Crippen molar-refractivity contribution in [3.05, 3.63) is 41.7 Å². The van der Waals surface area contributed by atoms with E-state index in [1.54, 1.807) is 12.1 Å². The quantitative estimate of drug-likeness (QED) is 0.379. The lowest BCUT2D eigenvalue weighted by molar-refractivity contribution is -0.0688. The van der Waals surface area contributed by atoms with Crippen LogP contribution in [0.1, 0.15) is 31.4 Å². The SMILES string of the molecule is C=C(c1nc(Cl)cc2c(N[C@@H]3CC(NC)CCC[C@@H]3F)cccc12)C(F)(F)F. The summed E-state index contributed by atoms with van der Waals surface area (Å²) in [6.07, 6.45) is -2.98. The van der Waals surface area contributed by atoms with Gasteiger partial charge in [0.2, 0.25) is 0 Å². The molecule has 1 aromatic carbocycles. The first-order valence-corrected chi connectivity index (χ1v) is 9.52. The van der Waals surface area contributed by atoms with Crippen molar-refractivity contribution in [3.8, 4) is 0 Å². The number of allylic oxidation sites excluding steroid dienone is 1. The van der Waals surface area contributed by atoms with E-state index in [1.165, 1.54) is 12.1 Å². The molecule has 152 valence electrons. The third-order valence-electron chi connectivity index (χ3n) is 5.23. The molecule has 1 unspecified atom stereocenters. The van der Waals surface area contributed by atoms with E-state index in [1.807, 2.05) is 7.05 Å². The number of rotatable bonds is 4. The summed E-state index contributed by atoms with van der Waals surface area (Å²) < 4.78 is 54.2. The van der Waals surface area contributed by atoms with E-state index in [0.29, 0.717) is 23.9 Å². The number of anilines is 1. The highest BCUT2D eigenvalue weighted by atomic mass is 35.5. The van der Waals surface area contributed by atoms with Gasteiger partial charge in [0, 0.05) is 22.5 Å². The van der Waals surface area contributed by atoms with Crippen LogP contribution < -0.4 is 10.6 Å². The fourth-order valence-electron chi connectivity index (χ4n) is 3.68. The van der Waals surface area contributed by atoms with Crippen molar-refractivity contribution < 1.29 is 17.6 Å². The Morgan fingerprint density at radius 2 is 2.00 bits per heavy atom. The van der Waals surface area contributed by atoms with E-state index < -0.39 is 24.0 Å². The Labute approximate surface area is 166 Å². The second-order valence-electron chi connectivity index (χ2n) is 7.09. The lowest BCUT2D eigenvalue weighted by atomic mass is 10.0. The van der Waals surface area contributed by atoms with Gasteiger partial charge in [-0.1, -0.05) is 30.3 Å². The third-order valence-corrected chi connectivity index (χ3v) is 5.42. The first kappa shape index (κ1) is 20.9. The summed E-state index contributed by atoms with van der Waals surface area (Å²) >= 11 is 6.00. The predicted octanol–water partition coefficient (Wildman–Crippen LogP) is 5.74. The van der Waals surface area contributed by atoms with E-state index in [0.717, 1.165) is 12.8 Å². The minimum Gasteiger partial charge on any atom is -0.379 e. The molecule has 1 aliphatic rings. The van der Waals surface area contributed by atoms with Crippen LogP contribution in [0, 0.1) is 0 Å². The van der Waals surface area contributed by atoms with Crippen molar-refractivity contribution in [2.24, 2.45) is 0 Å². The zero-order valence-corrected chi connectivity index (χ0v) is 16.2. The lowest BCUT2D eigenvalue weighted by Crippen LogP contribution is -2.36. The number of nitrogens with one attached hydrogen (secondary N) is 2. The molecule has 1 heterocycles. The zero-order chi connectivity index (χ0) is 20.5. The molecule has 2 aromatic rings. The summed E-state index contributed by atoms with van der Waals surface area (Å²) in [5.74, 6) is 0. The van der Waals surface area contributed by atoms with Crippen LogP contribution in [0.2, 0.25) is 5.15 Å². The Hall–Kier alpha value is -1.86. The Bertz CT molecular complexity index is 868. The Morgan fingerprint density at radius 3 is 2.68 bits per heavy atom. The highest BCUT2D eigenvalue weighted by Gasteiger charge is 2.35. The van der Waals surface area contributed by atoms with Crippen LogP contribution in [0.15, 0.2) is 30.8 Å². The molecule has 0 bridgehead atoms. The molecule has 1 saturated carbocycles. The van der Waals surface area contributed by atoms with Crippen molar-refractivity contribution in [2.75, 3.05) is 12.4 Å². The Morgan fingerprint density at radius 1 is 1.25 bits per heavy atom. The van der Waals surface area contributed by atoms with Crippen LogP contribution in [0.5, 0.6) is 0 Å². The average Bonchev–Trinajstić information content (AvgIpc) is 2.81. The molecule has 3 nitrogen and oxygen atoms in total. The summed E-state index contributed by atoms with van der Waals surface area (Å²) in [6.45, 7) is 3.14. The van der Waals surface area contributed by atoms with E-state index in [2.05, 4.69) is 22.2 Å². The predicted molar refractivity (Wildman–Crippen MR) is 105 cm³/mol. The molecule has 0 aliphatic heterocycles. The van der Waals surface area contributed by atoms with Gasteiger partial charge in [-0.15, -0.1) is 0 Å². The van der Waals surface area contributed by atoms with Gasteiger partial charge in [0.05, 0.1) is 17.3 Å². The highest BCUT2D eigenvalue weighted by Crippen LogP contribution is 2.38. The van der Waals surface area contributed by atoms with Gasteiger partial charge >= 0.3 is 6.18 Å². The average molecular weight is 416 g/mol. The molecule has 1 aromatic heterocycles.